The summed E-state index contributed by atoms with van der Waals surface area (Å²) in [7, 11) is -0.916. The normalized spacial score (nSPS) is 16.5. The summed E-state index contributed by atoms with van der Waals surface area (Å²) in [5.41, 5.74) is -0.160. The Hall–Kier alpha value is -1.75. The molecular weight excluding hydrogens is 314 g/mol. The van der Waals surface area contributed by atoms with Crippen molar-refractivity contribution in [2.75, 3.05) is 45.5 Å². The molecule has 0 atom stereocenters. The van der Waals surface area contributed by atoms with Crippen LogP contribution in [-0.4, -0.2) is 58.1 Å². The number of sulfonamides is 1. The lowest BCUT2D eigenvalue weighted by atomic mass is 10.2. The molecule has 22 heavy (non-hydrogen) atoms. The molecule has 0 spiro atoms. The fourth-order valence-corrected chi connectivity index (χ4v) is 3.54. The van der Waals surface area contributed by atoms with Gasteiger partial charge in [0.15, 0.2) is 0 Å². The van der Waals surface area contributed by atoms with E-state index >= 15 is 0 Å². The Morgan fingerprint density at radius 1 is 1.36 bits per heavy atom. The Morgan fingerprint density at radius 3 is 2.55 bits per heavy atom. The molecule has 1 saturated heterocycles. The van der Waals surface area contributed by atoms with E-state index in [4.69, 9.17) is 9.57 Å². The number of nitrogens with zero attached hydrogens (tertiary/aromatic N) is 3. The number of anilines is 1. The predicted molar refractivity (Wildman–Crippen MR) is 78.1 cm³/mol. The molecule has 0 saturated carbocycles. The molecule has 1 aromatic carbocycles. The van der Waals surface area contributed by atoms with Crippen molar-refractivity contribution < 1.29 is 22.9 Å². The van der Waals surface area contributed by atoms with Crippen molar-refractivity contribution in [2.24, 2.45) is 0 Å². The largest absolute Gasteiger partial charge is 0.379 e. The van der Waals surface area contributed by atoms with E-state index in [1.807, 2.05) is 0 Å². The minimum atomic E-state index is -3.78. The average molecular weight is 331 g/mol. The van der Waals surface area contributed by atoms with Gasteiger partial charge in [-0.3, -0.25) is 20.0 Å². The van der Waals surface area contributed by atoms with Crippen molar-refractivity contribution in [3.05, 3.63) is 28.3 Å². The molecule has 1 aliphatic rings. The van der Waals surface area contributed by atoms with Gasteiger partial charge in [0.2, 0.25) is 10.0 Å². The van der Waals surface area contributed by atoms with Gasteiger partial charge in [0.1, 0.15) is 5.69 Å². The van der Waals surface area contributed by atoms with Crippen LogP contribution in [0.5, 0.6) is 0 Å². The van der Waals surface area contributed by atoms with E-state index in [-0.39, 0.29) is 29.4 Å². The average Bonchev–Trinajstić information content (AvgIpc) is 2.54. The second-order valence-corrected chi connectivity index (χ2v) is 6.54. The summed E-state index contributed by atoms with van der Waals surface area (Å²) in [4.78, 5) is 15.4. The van der Waals surface area contributed by atoms with Crippen LogP contribution in [0.2, 0.25) is 0 Å². The summed E-state index contributed by atoms with van der Waals surface area (Å²) >= 11 is 0. The molecule has 1 heterocycles. The smallest absolute Gasteiger partial charge is 0.296 e. The number of hydrogen-bond acceptors (Lipinski definition) is 7. The van der Waals surface area contributed by atoms with Crippen LogP contribution in [-0.2, 0) is 19.6 Å². The minimum absolute atomic E-state index is 0.116. The highest BCUT2D eigenvalue weighted by atomic mass is 32.2. The monoisotopic (exact) mass is 331 g/mol. The molecule has 0 bridgehead atoms. The van der Waals surface area contributed by atoms with Crippen LogP contribution in [0.4, 0.5) is 11.4 Å². The Bertz CT molecular complexity index is 657. The number of hydroxylamine groups is 1. The fraction of sp³-hybridized carbons (Fsp3) is 0.500. The molecule has 1 aromatic rings. The summed E-state index contributed by atoms with van der Waals surface area (Å²) in [5, 5.41) is 12.4. The van der Waals surface area contributed by atoms with Gasteiger partial charge in [-0.15, -0.1) is 0 Å². The van der Waals surface area contributed by atoms with Gasteiger partial charge in [-0.05, 0) is 12.1 Å². The zero-order valence-electron chi connectivity index (χ0n) is 12.3. The number of rotatable bonds is 5. The molecule has 0 radical (unpaired) electrons. The van der Waals surface area contributed by atoms with Crippen LogP contribution in [0.3, 0.4) is 0 Å². The standard InChI is InChI=1S/C12H17N3O6S/c1-13(20-2)11-4-3-10(9-12(11)15(16)17)22(18,19)14-5-7-21-8-6-14/h3-4,9H,5-8H2,1-2H3. The first kappa shape index (κ1) is 16.6. The Morgan fingerprint density at radius 2 is 2.00 bits per heavy atom. The van der Waals surface area contributed by atoms with Crippen LogP contribution >= 0.6 is 0 Å². The molecule has 9 nitrogen and oxygen atoms in total. The highest BCUT2D eigenvalue weighted by Crippen LogP contribution is 2.31. The summed E-state index contributed by atoms with van der Waals surface area (Å²) in [6.45, 7) is 1.09. The van der Waals surface area contributed by atoms with E-state index in [0.29, 0.717) is 13.2 Å². The Kier molecular flexibility index (Phi) is 4.96. The number of morpholine rings is 1. The first-order chi connectivity index (χ1) is 10.4. The first-order valence-electron chi connectivity index (χ1n) is 6.52. The highest BCUT2D eigenvalue weighted by molar-refractivity contribution is 7.89. The van der Waals surface area contributed by atoms with Crippen molar-refractivity contribution in [3.63, 3.8) is 0 Å². The van der Waals surface area contributed by atoms with Crippen molar-refractivity contribution in [3.8, 4) is 0 Å². The molecule has 122 valence electrons. The molecule has 0 aromatic heterocycles. The van der Waals surface area contributed by atoms with Crippen molar-refractivity contribution >= 4 is 21.4 Å². The van der Waals surface area contributed by atoms with Crippen LogP contribution < -0.4 is 5.06 Å². The predicted octanol–water partition coefficient (Wildman–Crippen LogP) is 0.613. The summed E-state index contributed by atoms with van der Waals surface area (Å²) in [5.74, 6) is 0. The van der Waals surface area contributed by atoms with Gasteiger partial charge in [0.25, 0.3) is 5.69 Å². The van der Waals surface area contributed by atoms with E-state index < -0.39 is 14.9 Å². The van der Waals surface area contributed by atoms with Gasteiger partial charge >= 0.3 is 0 Å². The van der Waals surface area contributed by atoms with Gasteiger partial charge in [-0.2, -0.15) is 4.31 Å². The van der Waals surface area contributed by atoms with E-state index in [1.165, 1.54) is 35.7 Å². The fourth-order valence-electron chi connectivity index (χ4n) is 2.11. The van der Waals surface area contributed by atoms with Gasteiger partial charge in [-0.25, -0.2) is 8.42 Å². The van der Waals surface area contributed by atoms with Gasteiger partial charge in [0, 0.05) is 26.2 Å². The maximum Gasteiger partial charge on any atom is 0.296 e. The third kappa shape index (κ3) is 3.19. The molecular formula is C12H17N3O6S. The summed E-state index contributed by atoms with van der Waals surface area (Å²) in [6.07, 6.45) is 0. The van der Waals surface area contributed by atoms with Crippen LogP contribution in [0.25, 0.3) is 0 Å². The van der Waals surface area contributed by atoms with E-state index in [1.54, 1.807) is 0 Å². The lowest BCUT2D eigenvalue weighted by Crippen LogP contribution is -2.40. The molecule has 1 aliphatic heterocycles. The molecule has 0 amide bonds. The van der Waals surface area contributed by atoms with E-state index in [9.17, 15) is 18.5 Å². The first-order valence-corrected chi connectivity index (χ1v) is 7.96. The lowest BCUT2D eigenvalue weighted by molar-refractivity contribution is -0.384. The van der Waals surface area contributed by atoms with Crippen molar-refractivity contribution in [1.82, 2.24) is 4.31 Å². The zero-order valence-corrected chi connectivity index (χ0v) is 13.1. The van der Waals surface area contributed by atoms with Crippen molar-refractivity contribution in [2.45, 2.75) is 4.90 Å². The maximum atomic E-state index is 12.5. The number of benzene rings is 1. The maximum absolute atomic E-state index is 12.5. The van der Waals surface area contributed by atoms with Crippen molar-refractivity contribution in [1.29, 1.82) is 0 Å². The van der Waals surface area contributed by atoms with Gasteiger partial charge in [0.05, 0.1) is 30.1 Å². The van der Waals surface area contributed by atoms with E-state index in [0.717, 1.165) is 6.07 Å². The summed E-state index contributed by atoms with van der Waals surface area (Å²) in [6, 6.07) is 3.74. The second-order valence-electron chi connectivity index (χ2n) is 4.60. The summed E-state index contributed by atoms with van der Waals surface area (Å²) < 4.78 is 31.4. The van der Waals surface area contributed by atoms with Crippen LogP contribution in [0.1, 0.15) is 0 Å². The number of hydrogen-bond donors (Lipinski definition) is 0. The molecule has 0 N–H and O–H groups in total. The number of nitro benzene ring substituents is 1. The Balaban J connectivity index is 2.43. The van der Waals surface area contributed by atoms with Crippen LogP contribution in [0.15, 0.2) is 23.1 Å². The third-order valence-corrected chi connectivity index (χ3v) is 5.26. The molecule has 10 heteroatoms. The highest BCUT2D eigenvalue weighted by Gasteiger charge is 2.29. The zero-order chi connectivity index (χ0) is 16.3. The number of nitro groups is 1. The Labute approximate surface area is 128 Å². The van der Waals surface area contributed by atoms with E-state index in [2.05, 4.69) is 0 Å². The molecule has 2 rings (SSSR count). The second kappa shape index (κ2) is 6.57. The number of ether oxygens (including phenoxy) is 1. The quantitative estimate of drug-likeness (QED) is 0.575. The molecule has 0 aliphatic carbocycles. The SMILES string of the molecule is CON(C)c1ccc(S(=O)(=O)N2CCOCC2)cc1[N+](=O)[O-]. The molecule has 1 fully saturated rings. The lowest BCUT2D eigenvalue weighted by Gasteiger charge is -2.26. The van der Waals surface area contributed by atoms with Gasteiger partial charge in [-0.1, -0.05) is 0 Å². The minimum Gasteiger partial charge on any atom is -0.379 e. The topological polar surface area (TPSA) is 102 Å². The third-order valence-electron chi connectivity index (χ3n) is 3.36. The van der Waals surface area contributed by atoms with Gasteiger partial charge < -0.3 is 4.74 Å². The molecule has 0 unspecified atom stereocenters. The van der Waals surface area contributed by atoms with Crippen LogP contribution in [0, 0.1) is 10.1 Å².